The highest BCUT2D eigenvalue weighted by molar-refractivity contribution is 5.95. The minimum atomic E-state index is -4.81. The Balaban J connectivity index is 1.44. The number of carbonyl (C=O) groups excluding carboxylic acids is 1. The Labute approximate surface area is 188 Å². The van der Waals surface area contributed by atoms with Crippen molar-refractivity contribution in [3.63, 3.8) is 0 Å². The number of ether oxygens (including phenoxy) is 1. The van der Waals surface area contributed by atoms with Crippen LogP contribution in [0, 0.1) is 0 Å². The Hall–Kier alpha value is -3.66. The maximum Gasteiger partial charge on any atom is 0.573 e. The standard InChI is InChI=1S/C23H22F3N5O2/c24-23(25,26)33-20-7-2-1-5-17(20)19-13-21(29-14-28-19)30-15-8-10-16(11-9-15)31-22(32)18-6-3-4-12-27-18/h1-2,5,7-11,13-14,18,27H,3-4,6,12H2,(H,31,32)(H,28,29,30)/t18-/m0/s1. The highest BCUT2D eigenvalue weighted by Gasteiger charge is 2.32. The second-order valence-corrected chi connectivity index (χ2v) is 7.53. The van der Waals surface area contributed by atoms with E-state index in [0.717, 1.165) is 25.8 Å². The van der Waals surface area contributed by atoms with Gasteiger partial charge >= 0.3 is 6.36 Å². The average molecular weight is 457 g/mol. The minimum Gasteiger partial charge on any atom is -0.405 e. The summed E-state index contributed by atoms with van der Waals surface area (Å²) in [6, 6.07) is 14.2. The monoisotopic (exact) mass is 457 g/mol. The number of hydrogen-bond acceptors (Lipinski definition) is 6. The van der Waals surface area contributed by atoms with Crippen LogP contribution in [0.5, 0.6) is 5.75 Å². The molecule has 0 saturated carbocycles. The Morgan fingerprint density at radius 3 is 2.52 bits per heavy atom. The second kappa shape index (κ2) is 9.86. The summed E-state index contributed by atoms with van der Waals surface area (Å²) >= 11 is 0. The van der Waals surface area contributed by atoms with E-state index in [-0.39, 0.29) is 29.0 Å². The fourth-order valence-electron chi connectivity index (χ4n) is 3.55. The first-order valence-corrected chi connectivity index (χ1v) is 10.5. The summed E-state index contributed by atoms with van der Waals surface area (Å²) in [7, 11) is 0. The molecular weight excluding hydrogens is 435 g/mol. The molecule has 0 bridgehead atoms. The van der Waals surface area contributed by atoms with Crippen molar-refractivity contribution >= 4 is 23.1 Å². The molecule has 10 heteroatoms. The predicted molar refractivity (Wildman–Crippen MR) is 118 cm³/mol. The smallest absolute Gasteiger partial charge is 0.405 e. The van der Waals surface area contributed by atoms with Gasteiger partial charge in [-0.15, -0.1) is 13.2 Å². The van der Waals surface area contributed by atoms with Gasteiger partial charge in [0.2, 0.25) is 5.91 Å². The lowest BCUT2D eigenvalue weighted by Gasteiger charge is -2.22. The van der Waals surface area contributed by atoms with Crippen LogP contribution in [0.4, 0.5) is 30.4 Å². The van der Waals surface area contributed by atoms with Gasteiger partial charge in [-0.2, -0.15) is 0 Å². The molecule has 1 aliphatic rings. The van der Waals surface area contributed by atoms with Crippen LogP contribution in [-0.2, 0) is 4.79 Å². The molecule has 7 nitrogen and oxygen atoms in total. The largest absolute Gasteiger partial charge is 0.573 e. The number of anilines is 3. The molecule has 0 radical (unpaired) electrons. The number of carbonyl (C=O) groups is 1. The number of hydrogen-bond donors (Lipinski definition) is 3. The molecule has 4 rings (SSSR count). The van der Waals surface area contributed by atoms with Gasteiger partial charge in [-0.1, -0.05) is 18.6 Å². The summed E-state index contributed by atoms with van der Waals surface area (Å²) in [6.45, 7) is 0.842. The van der Waals surface area contributed by atoms with Crippen molar-refractivity contribution < 1.29 is 22.7 Å². The molecule has 1 amide bonds. The van der Waals surface area contributed by atoms with E-state index in [0.29, 0.717) is 17.2 Å². The molecule has 3 aromatic rings. The second-order valence-electron chi connectivity index (χ2n) is 7.53. The van der Waals surface area contributed by atoms with Crippen molar-refractivity contribution in [2.45, 2.75) is 31.7 Å². The van der Waals surface area contributed by atoms with Gasteiger partial charge < -0.3 is 20.7 Å². The number of nitrogens with zero attached hydrogens (tertiary/aromatic N) is 2. The summed E-state index contributed by atoms with van der Waals surface area (Å²) in [5, 5.41) is 9.19. The maximum atomic E-state index is 12.7. The Kier molecular flexibility index (Phi) is 6.74. The molecule has 172 valence electrons. The zero-order valence-corrected chi connectivity index (χ0v) is 17.5. The van der Waals surface area contributed by atoms with Crippen LogP contribution in [0.2, 0.25) is 0 Å². The number of aromatic nitrogens is 2. The van der Waals surface area contributed by atoms with E-state index in [1.807, 2.05) is 0 Å². The number of halogens is 3. The molecule has 1 aliphatic heterocycles. The van der Waals surface area contributed by atoms with Crippen molar-refractivity contribution in [1.29, 1.82) is 0 Å². The number of amides is 1. The lowest BCUT2D eigenvalue weighted by atomic mass is 10.0. The van der Waals surface area contributed by atoms with Crippen molar-refractivity contribution in [2.24, 2.45) is 0 Å². The van der Waals surface area contributed by atoms with Gasteiger partial charge in [-0.3, -0.25) is 4.79 Å². The zero-order chi connectivity index (χ0) is 23.3. The van der Waals surface area contributed by atoms with E-state index in [4.69, 9.17) is 0 Å². The first-order chi connectivity index (χ1) is 15.9. The van der Waals surface area contributed by atoms with Gasteiger partial charge in [-0.25, -0.2) is 9.97 Å². The number of alkyl halides is 3. The van der Waals surface area contributed by atoms with E-state index in [1.165, 1.54) is 30.6 Å². The lowest BCUT2D eigenvalue weighted by molar-refractivity contribution is -0.274. The maximum absolute atomic E-state index is 12.7. The molecule has 1 atom stereocenters. The van der Waals surface area contributed by atoms with Crippen LogP contribution >= 0.6 is 0 Å². The number of nitrogens with one attached hydrogen (secondary N) is 3. The Bertz CT molecular complexity index is 1100. The van der Waals surface area contributed by atoms with E-state index >= 15 is 0 Å². The molecule has 0 aliphatic carbocycles. The summed E-state index contributed by atoms with van der Waals surface area (Å²) in [5.41, 5.74) is 1.82. The Morgan fingerprint density at radius 2 is 1.79 bits per heavy atom. The number of benzene rings is 2. The van der Waals surface area contributed by atoms with Gasteiger partial charge in [0.15, 0.2) is 0 Å². The third-order valence-electron chi connectivity index (χ3n) is 5.11. The molecular formula is C23H22F3N5O2. The first kappa shape index (κ1) is 22.5. The van der Waals surface area contributed by atoms with Crippen LogP contribution in [0.3, 0.4) is 0 Å². The van der Waals surface area contributed by atoms with Crippen molar-refractivity contribution in [1.82, 2.24) is 15.3 Å². The van der Waals surface area contributed by atoms with Crippen LogP contribution in [0.25, 0.3) is 11.3 Å². The predicted octanol–water partition coefficient (Wildman–Crippen LogP) is 4.87. The molecule has 0 spiro atoms. The summed E-state index contributed by atoms with van der Waals surface area (Å²) in [5.74, 6) is -0.0113. The first-order valence-electron chi connectivity index (χ1n) is 10.5. The fourth-order valence-corrected chi connectivity index (χ4v) is 3.55. The average Bonchev–Trinajstić information content (AvgIpc) is 2.80. The highest BCUT2D eigenvalue weighted by Crippen LogP contribution is 2.33. The molecule has 1 fully saturated rings. The van der Waals surface area contributed by atoms with Gasteiger partial charge in [-0.05, 0) is 55.8 Å². The minimum absolute atomic E-state index is 0.0596. The van der Waals surface area contributed by atoms with Crippen LogP contribution < -0.4 is 20.7 Å². The van der Waals surface area contributed by atoms with E-state index in [9.17, 15) is 18.0 Å². The van der Waals surface area contributed by atoms with Crippen molar-refractivity contribution in [3.8, 4) is 17.0 Å². The molecule has 33 heavy (non-hydrogen) atoms. The lowest BCUT2D eigenvalue weighted by Crippen LogP contribution is -2.43. The Morgan fingerprint density at radius 1 is 1.03 bits per heavy atom. The van der Waals surface area contributed by atoms with Gasteiger partial charge in [0.05, 0.1) is 11.7 Å². The van der Waals surface area contributed by atoms with Gasteiger partial charge in [0, 0.05) is 23.0 Å². The van der Waals surface area contributed by atoms with E-state index in [1.54, 1.807) is 30.3 Å². The van der Waals surface area contributed by atoms with Crippen LogP contribution in [0.1, 0.15) is 19.3 Å². The SMILES string of the molecule is O=C(Nc1ccc(Nc2cc(-c3ccccc3OC(F)(F)F)ncn2)cc1)[C@@H]1CCCCN1. The molecule has 2 heterocycles. The molecule has 3 N–H and O–H groups in total. The van der Waals surface area contributed by atoms with E-state index in [2.05, 4.69) is 30.7 Å². The number of piperidine rings is 1. The van der Waals surface area contributed by atoms with Crippen molar-refractivity contribution in [2.75, 3.05) is 17.2 Å². The normalized spacial score (nSPS) is 16.2. The number of para-hydroxylation sites is 1. The summed E-state index contributed by atoms with van der Waals surface area (Å²) in [6.07, 6.45) is -0.627. The van der Waals surface area contributed by atoms with Gasteiger partial charge in [0.1, 0.15) is 17.9 Å². The fraction of sp³-hybridized carbons (Fsp3) is 0.261. The molecule has 2 aromatic carbocycles. The zero-order valence-electron chi connectivity index (χ0n) is 17.5. The quantitative estimate of drug-likeness (QED) is 0.490. The third-order valence-corrected chi connectivity index (χ3v) is 5.11. The third kappa shape index (κ3) is 6.19. The summed E-state index contributed by atoms with van der Waals surface area (Å²) in [4.78, 5) is 20.6. The van der Waals surface area contributed by atoms with Gasteiger partial charge in [0.25, 0.3) is 0 Å². The van der Waals surface area contributed by atoms with Crippen LogP contribution in [-0.4, -0.2) is 34.8 Å². The molecule has 1 aromatic heterocycles. The topological polar surface area (TPSA) is 88.2 Å². The van der Waals surface area contributed by atoms with Crippen LogP contribution in [0.15, 0.2) is 60.9 Å². The molecule has 0 unspecified atom stereocenters. The molecule has 1 saturated heterocycles. The van der Waals surface area contributed by atoms with Crippen molar-refractivity contribution in [3.05, 3.63) is 60.9 Å². The highest BCUT2D eigenvalue weighted by atomic mass is 19.4. The summed E-state index contributed by atoms with van der Waals surface area (Å²) < 4.78 is 42.3. The number of rotatable bonds is 6. The van der Waals surface area contributed by atoms with E-state index < -0.39 is 6.36 Å².